The second-order valence-corrected chi connectivity index (χ2v) is 4.70. The number of nitro groups is 1. The number of hydrogen-bond acceptors (Lipinski definition) is 6. The van der Waals surface area contributed by atoms with Gasteiger partial charge in [-0.25, -0.2) is 9.59 Å². The summed E-state index contributed by atoms with van der Waals surface area (Å²) < 4.78 is 4.45. The number of nitrogens with zero attached hydrogens (tertiary/aromatic N) is 1. The highest BCUT2D eigenvalue weighted by Crippen LogP contribution is 2.22. The van der Waals surface area contributed by atoms with Crippen molar-refractivity contribution in [1.82, 2.24) is 0 Å². The molecule has 3 rings (SSSR count). The maximum absolute atomic E-state index is 12.1. The minimum absolute atomic E-state index is 0.0337. The predicted molar refractivity (Wildman–Crippen MR) is 77.2 cm³/mol. The van der Waals surface area contributed by atoms with Gasteiger partial charge in [0.2, 0.25) is 0 Å². The highest BCUT2D eigenvalue weighted by molar-refractivity contribution is 6.16. The molecule has 0 bridgehead atoms. The van der Waals surface area contributed by atoms with Gasteiger partial charge in [-0.1, -0.05) is 0 Å². The summed E-state index contributed by atoms with van der Waals surface area (Å²) >= 11 is 0. The monoisotopic (exact) mass is 312 g/mol. The third-order valence-electron chi connectivity index (χ3n) is 3.24. The number of ether oxygens (including phenoxy) is 1. The van der Waals surface area contributed by atoms with Crippen molar-refractivity contribution in [1.29, 1.82) is 0 Å². The second kappa shape index (κ2) is 5.34. The Labute approximate surface area is 128 Å². The van der Waals surface area contributed by atoms with Gasteiger partial charge in [-0.15, -0.1) is 0 Å². The van der Waals surface area contributed by atoms with Gasteiger partial charge in [-0.2, -0.15) is 0 Å². The molecule has 0 aromatic heterocycles. The van der Waals surface area contributed by atoms with E-state index in [9.17, 15) is 24.5 Å². The number of hydrogen-bond donors (Lipinski definition) is 1. The van der Waals surface area contributed by atoms with Gasteiger partial charge in [0.15, 0.2) is 0 Å². The first-order valence-corrected chi connectivity index (χ1v) is 6.42. The average Bonchev–Trinajstić information content (AvgIpc) is 2.82. The lowest BCUT2D eigenvalue weighted by Crippen LogP contribution is -2.12. The quantitative estimate of drug-likeness (QED) is 0.402. The van der Waals surface area contributed by atoms with E-state index in [0.29, 0.717) is 5.69 Å². The molecule has 0 radical (unpaired) electrons. The normalized spacial score (nSPS) is 12.5. The Bertz CT molecular complexity index is 857. The van der Waals surface area contributed by atoms with Crippen molar-refractivity contribution in [3.63, 3.8) is 0 Å². The number of non-ortho nitro benzene ring substituents is 1. The van der Waals surface area contributed by atoms with E-state index in [2.05, 4.69) is 10.1 Å². The number of esters is 2. The fourth-order valence-corrected chi connectivity index (χ4v) is 2.10. The summed E-state index contributed by atoms with van der Waals surface area (Å²) in [5.41, 5.74) is 0.573. The van der Waals surface area contributed by atoms with Gasteiger partial charge < -0.3 is 10.1 Å². The van der Waals surface area contributed by atoms with Crippen LogP contribution in [0.5, 0.6) is 0 Å². The molecule has 1 aliphatic heterocycles. The Morgan fingerprint density at radius 1 is 1.00 bits per heavy atom. The molecular formula is C15H8N2O6. The minimum Gasteiger partial charge on any atom is -0.386 e. The van der Waals surface area contributed by atoms with Crippen LogP contribution in [0.2, 0.25) is 0 Å². The van der Waals surface area contributed by atoms with Gasteiger partial charge in [-0.3, -0.25) is 14.9 Å². The summed E-state index contributed by atoms with van der Waals surface area (Å²) in [6.07, 6.45) is 0. The first-order chi connectivity index (χ1) is 11.0. The molecule has 1 heterocycles. The van der Waals surface area contributed by atoms with Crippen molar-refractivity contribution in [2.45, 2.75) is 0 Å². The molecule has 1 aliphatic rings. The number of nitrogens with one attached hydrogen (secondary N) is 1. The lowest BCUT2D eigenvalue weighted by molar-refractivity contribution is -0.384. The highest BCUT2D eigenvalue weighted by Gasteiger charge is 2.30. The first kappa shape index (κ1) is 14.4. The molecular weight excluding hydrogens is 304 g/mol. The van der Waals surface area contributed by atoms with E-state index < -0.39 is 22.8 Å². The first-order valence-electron chi connectivity index (χ1n) is 6.42. The average molecular weight is 312 g/mol. The fourth-order valence-electron chi connectivity index (χ4n) is 2.10. The van der Waals surface area contributed by atoms with Gasteiger partial charge in [0, 0.05) is 23.4 Å². The van der Waals surface area contributed by atoms with Crippen molar-refractivity contribution >= 4 is 29.2 Å². The van der Waals surface area contributed by atoms with E-state index in [4.69, 9.17) is 0 Å². The van der Waals surface area contributed by atoms with Gasteiger partial charge in [0.25, 0.3) is 11.6 Å². The SMILES string of the molecule is O=C(Nc1ccc([N+](=O)[O-])cc1)c1ccc2c(c1)C(=O)OC2=O. The number of carbonyl (C=O) groups excluding carboxylic acids is 3. The Hall–Kier alpha value is -3.55. The van der Waals surface area contributed by atoms with Crippen LogP contribution < -0.4 is 5.32 Å². The van der Waals surface area contributed by atoms with E-state index in [1.165, 1.54) is 42.5 Å². The predicted octanol–water partition coefficient (Wildman–Crippen LogP) is 2.16. The van der Waals surface area contributed by atoms with E-state index in [1.807, 2.05) is 0 Å². The zero-order chi connectivity index (χ0) is 16.6. The number of amides is 1. The van der Waals surface area contributed by atoms with Gasteiger partial charge >= 0.3 is 11.9 Å². The van der Waals surface area contributed by atoms with E-state index >= 15 is 0 Å². The Morgan fingerprint density at radius 3 is 2.30 bits per heavy atom. The van der Waals surface area contributed by atoms with E-state index in [1.54, 1.807) is 0 Å². The van der Waals surface area contributed by atoms with Crippen LogP contribution in [-0.2, 0) is 4.74 Å². The minimum atomic E-state index is -0.796. The molecule has 8 nitrogen and oxygen atoms in total. The van der Waals surface area contributed by atoms with Crippen LogP contribution in [0.1, 0.15) is 31.1 Å². The molecule has 114 valence electrons. The third-order valence-corrected chi connectivity index (χ3v) is 3.24. The Kier molecular flexibility index (Phi) is 3.34. The molecule has 2 aromatic rings. The van der Waals surface area contributed by atoms with Gasteiger partial charge in [0.1, 0.15) is 0 Å². The second-order valence-electron chi connectivity index (χ2n) is 4.70. The molecule has 0 saturated heterocycles. The van der Waals surface area contributed by atoms with Crippen molar-refractivity contribution in [2.24, 2.45) is 0 Å². The third kappa shape index (κ3) is 2.64. The summed E-state index contributed by atoms with van der Waals surface area (Å²) in [5, 5.41) is 13.1. The molecule has 23 heavy (non-hydrogen) atoms. The number of fused-ring (bicyclic) bond motifs is 1. The van der Waals surface area contributed by atoms with Crippen molar-refractivity contribution < 1.29 is 24.0 Å². The number of nitro benzene ring substituents is 1. The summed E-state index contributed by atoms with van der Waals surface area (Å²) in [7, 11) is 0. The van der Waals surface area contributed by atoms with Gasteiger partial charge in [-0.05, 0) is 30.3 Å². The molecule has 0 unspecified atom stereocenters. The van der Waals surface area contributed by atoms with Crippen molar-refractivity contribution in [3.8, 4) is 0 Å². The van der Waals surface area contributed by atoms with Crippen LogP contribution in [0.3, 0.4) is 0 Å². The van der Waals surface area contributed by atoms with Crippen LogP contribution in [0.15, 0.2) is 42.5 Å². The maximum Gasteiger partial charge on any atom is 0.346 e. The molecule has 8 heteroatoms. The number of rotatable bonds is 3. The number of carbonyl (C=O) groups is 3. The van der Waals surface area contributed by atoms with Crippen LogP contribution >= 0.6 is 0 Å². The van der Waals surface area contributed by atoms with E-state index in [-0.39, 0.29) is 22.4 Å². The molecule has 1 amide bonds. The lowest BCUT2D eigenvalue weighted by atomic mass is 10.1. The van der Waals surface area contributed by atoms with Gasteiger partial charge in [0.05, 0.1) is 16.1 Å². The Balaban J connectivity index is 1.81. The molecule has 0 spiro atoms. The van der Waals surface area contributed by atoms with Crippen LogP contribution in [0.4, 0.5) is 11.4 Å². The number of cyclic esters (lactones) is 2. The summed E-state index contributed by atoms with van der Waals surface area (Å²) in [5.74, 6) is -2.06. The smallest absolute Gasteiger partial charge is 0.346 e. The zero-order valence-electron chi connectivity index (χ0n) is 11.4. The summed E-state index contributed by atoms with van der Waals surface area (Å²) in [6, 6.07) is 9.29. The molecule has 1 N–H and O–H groups in total. The van der Waals surface area contributed by atoms with Crippen LogP contribution in [0, 0.1) is 10.1 Å². The van der Waals surface area contributed by atoms with E-state index in [0.717, 1.165) is 0 Å². The number of anilines is 1. The van der Waals surface area contributed by atoms with Crippen molar-refractivity contribution in [3.05, 3.63) is 69.3 Å². The van der Waals surface area contributed by atoms with Crippen LogP contribution in [-0.4, -0.2) is 22.8 Å². The van der Waals surface area contributed by atoms with Crippen LogP contribution in [0.25, 0.3) is 0 Å². The molecule has 2 aromatic carbocycles. The number of benzene rings is 2. The maximum atomic E-state index is 12.1. The fraction of sp³-hybridized carbons (Fsp3) is 0. The largest absolute Gasteiger partial charge is 0.386 e. The molecule has 0 aliphatic carbocycles. The van der Waals surface area contributed by atoms with Crippen molar-refractivity contribution in [2.75, 3.05) is 5.32 Å². The molecule has 0 atom stereocenters. The molecule has 0 saturated carbocycles. The topological polar surface area (TPSA) is 116 Å². The highest BCUT2D eigenvalue weighted by atomic mass is 16.6. The standard InChI is InChI=1S/C15H8N2O6/c18-13(16-9-2-4-10(5-3-9)17(21)22)8-1-6-11-12(7-8)15(20)23-14(11)19/h1-7H,(H,16,18). The zero-order valence-corrected chi connectivity index (χ0v) is 11.4. The summed E-state index contributed by atoms with van der Waals surface area (Å²) in [6.45, 7) is 0. The molecule has 0 fully saturated rings. The Morgan fingerprint density at radius 2 is 1.65 bits per heavy atom. The lowest BCUT2D eigenvalue weighted by Gasteiger charge is -2.05. The summed E-state index contributed by atoms with van der Waals surface area (Å²) in [4.78, 5) is 45.0.